The minimum Gasteiger partial charge on any atom is -0.460 e. The molecule has 2 N–H and O–H groups in total. The number of amides is 1. The van der Waals surface area contributed by atoms with Crippen molar-refractivity contribution in [3.8, 4) is 0 Å². The van der Waals surface area contributed by atoms with Crippen LogP contribution < -0.4 is 0 Å². The molecule has 3 aliphatic heterocycles. The number of esters is 1. The van der Waals surface area contributed by atoms with Gasteiger partial charge >= 0.3 is 5.97 Å². The third kappa shape index (κ3) is 16.2. The Balaban J connectivity index is 1.70. The van der Waals surface area contributed by atoms with Gasteiger partial charge < -0.3 is 43.3 Å². The van der Waals surface area contributed by atoms with Gasteiger partial charge in [-0.2, -0.15) is 0 Å². The van der Waals surface area contributed by atoms with Crippen molar-refractivity contribution in [3.63, 3.8) is 0 Å². The molecule has 402 valence electrons. The van der Waals surface area contributed by atoms with Gasteiger partial charge in [0.2, 0.25) is 13.2 Å². The number of Topliss-reactive ketones (excluding diaryl/α,β-unsaturated/α-hetero) is 3. The van der Waals surface area contributed by atoms with E-state index >= 15 is 0 Å². The molecular weight excluding hydrogens is 930 g/mol. The average Bonchev–Trinajstić information content (AvgIpc) is 3.35. The van der Waals surface area contributed by atoms with E-state index in [9.17, 15) is 38.8 Å². The fourth-order valence-corrected chi connectivity index (χ4v) is 12.3. The second kappa shape index (κ2) is 28.0. The van der Waals surface area contributed by atoms with E-state index in [1.165, 1.54) is 12.0 Å². The van der Waals surface area contributed by atoms with Gasteiger partial charge in [-0.25, -0.2) is 4.79 Å². The Bertz CT molecular complexity index is 1970. The Morgan fingerprint density at radius 1 is 0.845 bits per heavy atom. The molecule has 15 atom stereocenters. The first-order valence-corrected chi connectivity index (χ1v) is 28.3. The molecule has 0 aromatic rings. The fourth-order valence-electron chi connectivity index (χ4n) is 10.8. The Morgan fingerprint density at radius 2 is 1.55 bits per heavy atom. The van der Waals surface area contributed by atoms with Gasteiger partial charge in [0, 0.05) is 70.8 Å². The van der Waals surface area contributed by atoms with E-state index in [2.05, 4.69) is 0 Å². The van der Waals surface area contributed by atoms with Crippen LogP contribution in [0.4, 0.5) is 0 Å². The van der Waals surface area contributed by atoms with E-state index in [0.29, 0.717) is 75.7 Å². The lowest BCUT2D eigenvalue weighted by atomic mass is 9.78. The summed E-state index contributed by atoms with van der Waals surface area (Å²) in [4.78, 5) is 72.4. The lowest BCUT2D eigenvalue weighted by molar-refractivity contribution is -0.265. The third-order valence-corrected chi connectivity index (χ3v) is 18.3. The summed E-state index contributed by atoms with van der Waals surface area (Å²) in [6, 6.07) is -1.16. The summed E-state index contributed by atoms with van der Waals surface area (Å²) in [5, 5.41) is 23.5. The van der Waals surface area contributed by atoms with Crippen LogP contribution in [0.15, 0.2) is 47.6 Å². The molecule has 0 aromatic carbocycles. The molecule has 1 aliphatic carbocycles. The van der Waals surface area contributed by atoms with Gasteiger partial charge in [-0.1, -0.05) is 84.9 Å². The Kier molecular flexibility index (Phi) is 23.8. The summed E-state index contributed by atoms with van der Waals surface area (Å²) in [7, 11) is 1.77. The zero-order valence-electron chi connectivity index (χ0n) is 44.8. The summed E-state index contributed by atoms with van der Waals surface area (Å²) < 4.78 is 49.4. The lowest BCUT2D eigenvalue weighted by Crippen LogP contribution is -2.61. The van der Waals surface area contributed by atoms with Crippen molar-refractivity contribution in [2.24, 2.45) is 35.5 Å². The molecule has 0 aromatic heterocycles. The normalized spacial score (nSPS) is 38.3. The first-order chi connectivity index (χ1) is 33.6. The topological polar surface area (TPSA) is 201 Å². The minimum atomic E-state index is -2.81. The van der Waals surface area contributed by atoms with Crippen LogP contribution in [0.3, 0.4) is 0 Å². The van der Waals surface area contributed by atoms with Crippen molar-refractivity contribution >= 4 is 36.6 Å². The predicted molar refractivity (Wildman–Crippen MR) is 273 cm³/mol. The van der Waals surface area contributed by atoms with Gasteiger partial charge in [0.1, 0.15) is 30.1 Å². The van der Waals surface area contributed by atoms with Crippen molar-refractivity contribution in [2.75, 3.05) is 40.2 Å². The van der Waals surface area contributed by atoms with Gasteiger partial charge in [0.25, 0.3) is 11.7 Å². The van der Waals surface area contributed by atoms with Gasteiger partial charge in [-0.15, -0.1) is 0 Å². The Morgan fingerprint density at radius 3 is 2.20 bits per heavy atom. The summed E-state index contributed by atoms with van der Waals surface area (Å²) in [6.45, 7) is 16.5. The smallest absolute Gasteiger partial charge is 0.329 e. The number of piperidine rings is 1. The molecule has 1 saturated carbocycles. The molecular formula is C55H88NO14P. The van der Waals surface area contributed by atoms with Crippen LogP contribution in [-0.2, 0) is 56.7 Å². The number of cyclic esters (lactones) is 1. The number of nitrogens with zero attached hydrogens (tertiary/aromatic N) is 1. The molecule has 0 radical (unpaired) electrons. The number of hydrogen-bond acceptors (Lipinski definition) is 14. The van der Waals surface area contributed by atoms with E-state index in [1.807, 2.05) is 71.9 Å². The number of methoxy groups -OCH3 is 3. The van der Waals surface area contributed by atoms with E-state index < -0.39 is 85.1 Å². The number of ketones is 3. The summed E-state index contributed by atoms with van der Waals surface area (Å²) in [6.07, 6.45) is 12.3. The Hall–Kier alpha value is -3.14. The maximum Gasteiger partial charge on any atom is 0.329 e. The van der Waals surface area contributed by atoms with Crippen molar-refractivity contribution in [3.05, 3.63) is 47.6 Å². The quantitative estimate of drug-likeness (QED) is 0.0913. The van der Waals surface area contributed by atoms with Crippen molar-refractivity contribution in [1.29, 1.82) is 0 Å². The SMILES string of the molecule is CCP(=O)(CC)O[C@@H]1CC[C@@H](C[C@@H](C)[C@@H]2CC(=O)[C@H](C)/C=C(\C)[C@@H](O)[C@@H](OC)C(=O)[C@H](C)C[C@H](C)/C=C/C=C/C=C(\C)[C@@H](OC)C[C@@H]3CC[C@@H](C)[C@@](O)(O3)C(=O)C(=O)N3CCCC[C@H]3C(=O)O2)C[C@H]1OC. The third-order valence-electron chi connectivity index (χ3n) is 15.7. The second-order valence-electron chi connectivity index (χ2n) is 21.1. The molecule has 0 spiro atoms. The predicted octanol–water partition coefficient (Wildman–Crippen LogP) is 8.52. The van der Waals surface area contributed by atoms with Crippen LogP contribution in [0.5, 0.6) is 0 Å². The molecule has 15 nitrogen and oxygen atoms in total. The number of allylic oxidation sites excluding steroid dienone is 6. The first-order valence-electron chi connectivity index (χ1n) is 26.3. The van der Waals surface area contributed by atoms with Crippen LogP contribution in [0.1, 0.15) is 139 Å². The standard InChI is InChI=1S/C55H88NO14P/c1-13-71(64,14-2)70-45-26-24-41(31-48(45)66-11)30-37(6)47-33-44(57)36(5)29-39(8)50(59)51(67-12)49(58)38(7)28-34(3)20-16-15-17-21-35(4)46(65-10)32-42-25-23-40(9)55(63,69-42)52(60)53(61)56-27-19-18-22-43(56)54(62)68-47/h15-17,20-21,29,34,36-38,40-43,45-48,50-51,59,63H,13-14,18-19,22-28,30-33H2,1-12H3/b17-15+,20-16+,35-21+,39-29+/t34-,36-,37-,38-,40-,41+,42+,43+,45-,46+,47+,48-,50-,51+,55-/m1/s1. The van der Waals surface area contributed by atoms with Gasteiger partial charge in [0.15, 0.2) is 5.78 Å². The zero-order chi connectivity index (χ0) is 52.8. The van der Waals surface area contributed by atoms with Crippen LogP contribution in [0.2, 0.25) is 0 Å². The average molecular weight is 1020 g/mol. The molecule has 71 heavy (non-hydrogen) atoms. The monoisotopic (exact) mass is 1020 g/mol. The van der Waals surface area contributed by atoms with E-state index in [0.717, 1.165) is 12.0 Å². The van der Waals surface area contributed by atoms with Crippen LogP contribution >= 0.6 is 7.37 Å². The number of carbonyl (C=O) groups is 5. The maximum atomic E-state index is 14.5. The second-order valence-corrected chi connectivity index (χ2v) is 24.2. The van der Waals surface area contributed by atoms with Gasteiger partial charge in [-0.05, 0) is 107 Å². The highest BCUT2D eigenvalue weighted by Crippen LogP contribution is 2.50. The molecule has 4 aliphatic rings. The van der Waals surface area contributed by atoms with E-state index in [-0.39, 0.29) is 60.9 Å². The number of fused-ring (bicyclic) bond motifs is 3. The number of aliphatic hydroxyl groups excluding tert-OH is 1. The lowest BCUT2D eigenvalue weighted by Gasteiger charge is -2.42. The molecule has 2 bridgehead atoms. The zero-order valence-corrected chi connectivity index (χ0v) is 45.7. The van der Waals surface area contributed by atoms with Crippen molar-refractivity contribution in [2.45, 2.75) is 194 Å². The highest BCUT2D eigenvalue weighted by atomic mass is 31.2. The van der Waals surface area contributed by atoms with Crippen molar-refractivity contribution < 1.29 is 67.0 Å². The summed E-state index contributed by atoms with van der Waals surface area (Å²) in [5.41, 5.74) is 1.26. The molecule has 4 rings (SSSR count). The van der Waals surface area contributed by atoms with Crippen molar-refractivity contribution in [1.82, 2.24) is 4.90 Å². The van der Waals surface area contributed by atoms with E-state index in [4.69, 9.17) is 28.2 Å². The number of aliphatic hydroxyl groups is 2. The summed E-state index contributed by atoms with van der Waals surface area (Å²) >= 11 is 0. The van der Waals surface area contributed by atoms with E-state index in [1.54, 1.807) is 41.1 Å². The van der Waals surface area contributed by atoms with Crippen LogP contribution in [-0.4, -0.2) is 139 Å². The molecule has 1 amide bonds. The molecule has 3 heterocycles. The van der Waals surface area contributed by atoms with Crippen LogP contribution in [0, 0.1) is 35.5 Å². The first kappa shape index (κ1) is 60.4. The number of hydrogen-bond donors (Lipinski definition) is 2. The summed E-state index contributed by atoms with van der Waals surface area (Å²) in [5.74, 6) is -8.10. The highest BCUT2D eigenvalue weighted by molar-refractivity contribution is 7.58. The number of rotatable bonds is 10. The minimum absolute atomic E-state index is 0.0112. The molecule has 2 saturated heterocycles. The maximum absolute atomic E-state index is 14.5. The molecule has 3 fully saturated rings. The molecule has 0 unspecified atom stereocenters. The van der Waals surface area contributed by atoms with Gasteiger partial charge in [-0.3, -0.25) is 23.7 Å². The number of ether oxygens (including phenoxy) is 5. The molecule has 16 heteroatoms. The Labute approximate surface area is 424 Å². The van der Waals surface area contributed by atoms with Crippen LogP contribution in [0.25, 0.3) is 0 Å². The largest absolute Gasteiger partial charge is 0.460 e. The highest BCUT2D eigenvalue weighted by Gasteiger charge is 2.53. The van der Waals surface area contributed by atoms with Gasteiger partial charge in [0.05, 0.1) is 24.4 Å². The fraction of sp³-hybridized carbons (Fsp3) is 0.764. The number of carbonyl (C=O) groups excluding carboxylic acids is 5.